The third-order valence-corrected chi connectivity index (χ3v) is 3.63. The van der Waals surface area contributed by atoms with E-state index in [0.29, 0.717) is 22.3 Å². The highest BCUT2D eigenvalue weighted by Gasteiger charge is 2.04. The average Bonchev–Trinajstić information content (AvgIpc) is 3.28. The van der Waals surface area contributed by atoms with Gasteiger partial charge < -0.3 is 19.9 Å². The molecule has 134 valence electrons. The third-order valence-electron chi connectivity index (χ3n) is 3.63. The zero-order chi connectivity index (χ0) is 18.5. The van der Waals surface area contributed by atoms with Gasteiger partial charge >= 0.3 is 0 Å². The Kier molecular flexibility index (Phi) is 5.02. The van der Waals surface area contributed by atoms with Crippen LogP contribution in [-0.4, -0.2) is 46.0 Å². The summed E-state index contributed by atoms with van der Waals surface area (Å²) in [5, 5.41) is 10.8. The van der Waals surface area contributed by atoms with Crippen molar-refractivity contribution in [1.29, 1.82) is 5.41 Å². The van der Waals surface area contributed by atoms with E-state index in [-0.39, 0.29) is 0 Å². The molecule has 0 aromatic carbocycles. The molecule has 4 aromatic heterocycles. The van der Waals surface area contributed by atoms with Crippen molar-refractivity contribution in [2.24, 2.45) is 7.05 Å². The van der Waals surface area contributed by atoms with E-state index in [4.69, 9.17) is 5.41 Å². The zero-order valence-electron chi connectivity index (χ0n) is 14.6. The lowest BCUT2D eigenvalue weighted by atomic mass is 10.2. The number of hydrogen-bond donors (Lipinski definition) is 4. The van der Waals surface area contributed by atoms with Gasteiger partial charge in [0.25, 0.3) is 0 Å². The average molecular weight is 352 g/mol. The smallest absolute Gasteiger partial charge is 0.182 e. The van der Waals surface area contributed by atoms with Crippen LogP contribution in [0.15, 0.2) is 37.5 Å². The molecule has 0 aliphatic rings. The summed E-state index contributed by atoms with van der Waals surface area (Å²) in [6.07, 6.45) is 7.16. The van der Waals surface area contributed by atoms with Gasteiger partial charge in [0.2, 0.25) is 0 Å². The fourth-order valence-corrected chi connectivity index (χ4v) is 2.23. The molecule has 0 spiro atoms. The summed E-state index contributed by atoms with van der Waals surface area (Å²) < 4.78 is 1.63. The predicted molar refractivity (Wildman–Crippen MR) is 98.3 cm³/mol. The largest absolute Gasteiger partial charge is 0.368 e. The molecule has 4 aromatic rings. The Morgan fingerprint density at radius 3 is 2.54 bits per heavy atom. The van der Waals surface area contributed by atoms with Crippen LogP contribution in [0.4, 0.5) is 5.82 Å². The summed E-state index contributed by atoms with van der Waals surface area (Å²) in [5.74, 6) is 0.791. The maximum absolute atomic E-state index is 7.56. The van der Waals surface area contributed by atoms with E-state index < -0.39 is 0 Å². The molecular formula is C16H20N10. The molecular weight excluding hydrogens is 332 g/mol. The lowest BCUT2D eigenvalue weighted by Gasteiger charge is -2.04. The van der Waals surface area contributed by atoms with Crippen LogP contribution in [0.5, 0.6) is 0 Å². The van der Waals surface area contributed by atoms with Crippen molar-refractivity contribution in [2.75, 3.05) is 11.9 Å². The molecule has 0 aliphatic heterocycles. The van der Waals surface area contributed by atoms with Crippen molar-refractivity contribution in [2.45, 2.75) is 13.3 Å². The maximum Gasteiger partial charge on any atom is 0.182 e. The number of rotatable bonds is 4. The number of nitrogens with one attached hydrogen (secondary N) is 4. The number of aryl methyl sites for hydroxylation is 1. The second kappa shape index (κ2) is 7.55. The summed E-state index contributed by atoms with van der Waals surface area (Å²) in [6, 6.07) is 0. The van der Waals surface area contributed by atoms with Crippen LogP contribution in [-0.2, 0) is 7.05 Å². The topological polar surface area (TPSA) is 137 Å². The molecule has 10 nitrogen and oxygen atoms in total. The van der Waals surface area contributed by atoms with Gasteiger partial charge in [0, 0.05) is 13.6 Å². The molecule has 10 heteroatoms. The third kappa shape index (κ3) is 3.74. The number of anilines is 1. The Morgan fingerprint density at radius 1 is 1.12 bits per heavy atom. The Hall–Kier alpha value is -3.56. The summed E-state index contributed by atoms with van der Waals surface area (Å²) >= 11 is 0. The molecule has 4 heterocycles. The van der Waals surface area contributed by atoms with Crippen LogP contribution in [0.25, 0.3) is 22.3 Å². The van der Waals surface area contributed by atoms with Gasteiger partial charge in [-0.15, -0.1) is 6.58 Å². The molecule has 4 N–H and O–H groups in total. The lowest BCUT2D eigenvalue weighted by Crippen LogP contribution is -2.17. The van der Waals surface area contributed by atoms with Gasteiger partial charge in [0.05, 0.1) is 19.0 Å². The van der Waals surface area contributed by atoms with E-state index in [0.717, 1.165) is 29.9 Å². The molecule has 0 atom stereocenters. The van der Waals surface area contributed by atoms with E-state index >= 15 is 0 Å². The van der Waals surface area contributed by atoms with Crippen molar-refractivity contribution < 1.29 is 0 Å². The standard InChI is InChI=1S/C10H13N5.C6H7N5/c1-7(2)3-4-11-9-8-10(13-5-12-8)15-6-14-9;1-11-3-10-6-4(5(11)7)8-2-9-6/h5-6H,1,3-4H2,2H3,(H2,11,12,13,14,15);2-3,7H,1H3,(H,8,9). The van der Waals surface area contributed by atoms with E-state index in [2.05, 4.69) is 46.8 Å². The SMILES string of the molecule is C=C(C)CCNc1ncnc2nc[nH]c12.Cn1cnc2nc[nH]c2c1=N. The van der Waals surface area contributed by atoms with Gasteiger partial charge in [0.15, 0.2) is 22.6 Å². The number of hydrogen-bond acceptors (Lipinski definition) is 7. The van der Waals surface area contributed by atoms with E-state index in [1.807, 2.05) is 6.92 Å². The Bertz CT molecular complexity index is 1090. The zero-order valence-corrected chi connectivity index (χ0v) is 14.6. The van der Waals surface area contributed by atoms with E-state index in [1.165, 1.54) is 12.7 Å². The number of imidazole rings is 2. The fraction of sp³-hybridized carbons (Fsp3) is 0.250. The first-order valence-corrected chi connectivity index (χ1v) is 7.98. The number of H-pyrrole nitrogens is 2. The minimum atomic E-state index is 0.396. The van der Waals surface area contributed by atoms with Gasteiger partial charge in [-0.05, 0) is 13.3 Å². The lowest BCUT2D eigenvalue weighted by molar-refractivity contribution is 0.802. The van der Waals surface area contributed by atoms with Crippen molar-refractivity contribution in [1.82, 2.24) is 39.5 Å². The highest BCUT2D eigenvalue weighted by molar-refractivity contribution is 5.81. The van der Waals surface area contributed by atoms with Gasteiger partial charge in [-0.2, -0.15) is 0 Å². The van der Waals surface area contributed by atoms with Crippen LogP contribution in [0, 0.1) is 5.41 Å². The molecule has 0 fully saturated rings. The molecule has 0 radical (unpaired) electrons. The first-order valence-electron chi connectivity index (χ1n) is 7.98. The van der Waals surface area contributed by atoms with Crippen molar-refractivity contribution >= 4 is 28.1 Å². The molecule has 0 bridgehead atoms. The molecule has 0 unspecified atom stereocenters. The summed E-state index contributed by atoms with van der Waals surface area (Å²) in [7, 11) is 1.77. The van der Waals surface area contributed by atoms with Crippen LogP contribution in [0.1, 0.15) is 13.3 Å². The summed E-state index contributed by atoms with van der Waals surface area (Å²) in [4.78, 5) is 26.0. The van der Waals surface area contributed by atoms with E-state index in [1.54, 1.807) is 24.3 Å². The van der Waals surface area contributed by atoms with Crippen molar-refractivity contribution in [3.63, 3.8) is 0 Å². The predicted octanol–water partition coefficient (Wildman–Crippen LogP) is 1.51. The van der Waals surface area contributed by atoms with Gasteiger partial charge in [-0.1, -0.05) is 5.57 Å². The molecule has 4 rings (SSSR count). The Balaban J connectivity index is 0.000000158. The molecule has 0 amide bonds. The van der Waals surface area contributed by atoms with Crippen LogP contribution >= 0.6 is 0 Å². The van der Waals surface area contributed by atoms with Crippen LogP contribution < -0.4 is 10.8 Å². The normalized spacial score (nSPS) is 10.5. The Morgan fingerprint density at radius 2 is 1.81 bits per heavy atom. The second-order valence-corrected chi connectivity index (χ2v) is 5.76. The van der Waals surface area contributed by atoms with Gasteiger partial charge in [0.1, 0.15) is 17.4 Å². The Labute approximate surface area is 149 Å². The number of aromatic nitrogens is 8. The number of fused-ring (bicyclic) bond motifs is 2. The molecule has 26 heavy (non-hydrogen) atoms. The second-order valence-electron chi connectivity index (χ2n) is 5.76. The first-order chi connectivity index (χ1) is 12.6. The molecule has 0 saturated heterocycles. The fourth-order valence-electron chi connectivity index (χ4n) is 2.23. The molecule has 0 aliphatic carbocycles. The van der Waals surface area contributed by atoms with Crippen LogP contribution in [0.3, 0.4) is 0 Å². The van der Waals surface area contributed by atoms with Gasteiger partial charge in [-0.25, -0.2) is 24.9 Å². The monoisotopic (exact) mass is 352 g/mol. The summed E-state index contributed by atoms with van der Waals surface area (Å²) in [6.45, 7) is 6.67. The minimum Gasteiger partial charge on any atom is -0.368 e. The minimum absolute atomic E-state index is 0.396. The quantitative estimate of drug-likeness (QED) is 0.411. The number of nitrogens with zero attached hydrogens (tertiary/aromatic N) is 6. The van der Waals surface area contributed by atoms with E-state index in [9.17, 15) is 0 Å². The molecule has 0 saturated carbocycles. The first kappa shape index (κ1) is 17.3. The van der Waals surface area contributed by atoms with Crippen LogP contribution in [0.2, 0.25) is 0 Å². The summed E-state index contributed by atoms with van der Waals surface area (Å²) in [5.41, 5.74) is 4.34. The highest BCUT2D eigenvalue weighted by Crippen LogP contribution is 2.14. The van der Waals surface area contributed by atoms with Crippen molar-refractivity contribution in [3.05, 3.63) is 42.9 Å². The van der Waals surface area contributed by atoms with Gasteiger partial charge in [-0.3, -0.25) is 5.41 Å². The highest BCUT2D eigenvalue weighted by atomic mass is 15.1. The maximum atomic E-state index is 7.56. The number of aromatic amines is 2. The van der Waals surface area contributed by atoms with Crippen molar-refractivity contribution in [3.8, 4) is 0 Å².